The monoisotopic (exact) mass is 672 g/mol. The lowest BCUT2D eigenvalue weighted by Crippen LogP contribution is -2.47. The topological polar surface area (TPSA) is 136 Å². The van der Waals surface area contributed by atoms with Crippen LogP contribution in [0.4, 0.5) is 16.4 Å². The van der Waals surface area contributed by atoms with E-state index in [2.05, 4.69) is 20.0 Å². The summed E-state index contributed by atoms with van der Waals surface area (Å²) in [6.45, 7) is 8.67. The molecule has 1 saturated carbocycles. The predicted molar refractivity (Wildman–Crippen MR) is 188 cm³/mol. The van der Waals surface area contributed by atoms with Gasteiger partial charge in [-0.1, -0.05) is 43.5 Å². The van der Waals surface area contributed by atoms with Gasteiger partial charge in [-0.2, -0.15) is 0 Å². The fourth-order valence-electron chi connectivity index (χ4n) is 6.39. The molecular formula is C36H44N6O5S. The summed E-state index contributed by atoms with van der Waals surface area (Å²) in [6.07, 6.45) is 9.04. The number of nitrogens with one attached hydrogen (secondary N) is 2. The number of hydrogen-bond donors (Lipinski definition) is 2. The molecule has 11 nitrogen and oxygen atoms in total. The lowest BCUT2D eigenvalue weighted by atomic mass is 10.0. The molecule has 0 radical (unpaired) electrons. The molecule has 1 amide bonds. The van der Waals surface area contributed by atoms with Crippen molar-refractivity contribution in [2.75, 3.05) is 23.1 Å². The first-order chi connectivity index (χ1) is 23.0. The summed E-state index contributed by atoms with van der Waals surface area (Å²) in [7, 11) is -3.53. The molecule has 1 aliphatic heterocycles. The SMILES string of the molecule is Cc1ccc2c(NS(=O)(=O)C3CCCCC3)cccc2c1Oc1ncccc1-c1ccnc(N[C@H]2CCCN(C(=O)OC(C)(C)C)C2)n1. The molecule has 0 bridgehead atoms. The van der Waals surface area contributed by atoms with Crippen LogP contribution in [0.5, 0.6) is 11.6 Å². The standard InChI is InChI=1S/C36H44N6O5S/c1-24-17-18-27-28(14-8-16-31(27)41-48(44,45)26-12-6-5-7-13-26)32(24)46-33-29(15-9-20-37-33)30-19-21-38-34(40-30)39-25-11-10-22-42(23-25)35(43)47-36(2,3)4/h8-9,14-21,25-26,41H,5-7,10-13,22-23H2,1-4H3,(H,38,39,40)/t25-/m0/s1. The summed E-state index contributed by atoms with van der Waals surface area (Å²) in [5, 5.41) is 4.54. The zero-order valence-electron chi connectivity index (χ0n) is 28.0. The second-order valence-electron chi connectivity index (χ2n) is 13.7. The first kappa shape index (κ1) is 33.5. The van der Waals surface area contributed by atoms with Gasteiger partial charge in [-0.25, -0.2) is 28.2 Å². The molecule has 4 aromatic rings. The highest BCUT2D eigenvalue weighted by Gasteiger charge is 2.29. The Morgan fingerprint density at radius 1 is 0.917 bits per heavy atom. The minimum atomic E-state index is -3.53. The molecule has 2 aromatic heterocycles. The molecule has 0 unspecified atom stereocenters. The highest BCUT2D eigenvalue weighted by Crippen LogP contribution is 2.39. The first-order valence-corrected chi connectivity index (χ1v) is 18.3. The number of likely N-dealkylation sites (tertiary alicyclic amines) is 1. The molecule has 3 heterocycles. The summed E-state index contributed by atoms with van der Waals surface area (Å²) < 4.78 is 41.6. The number of aromatic nitrogens is 3. The fourth-order valence-corrected chi connectivity index (χ4v) is 7.99. The van der Waals surface area contributed by atoms with Crippen LogP contribution in [0.2, 0.25) is 0 Å². The van der Waals surface area contributed by atoms with Gasteiger partial charge >= 0.3 is 6.09 Å². The van der Waals surface area contributed by atoms with Crippen molar-refractivity contribution in [2.45, 2.75) is 89.5 Å². The third-order valence-electron chi connectivity index (χ3n) is 8.76. The third-order valence-corrected chi connectivity index (χ3v) is 10.6. The van der Waals surface area contributed by atoms with Crippen molar-refractivity contribution in [3.8, 4) is 22.9 Å². The van der Waals surface area contributed by atoms with Gasteiger partial charge in [-0.05, 0) is 83.2 Å². The number of amides is 1. The maximum Gasteiger partial charge on any atom is 0.410 e. The van der Waals surface area contributed by atoms with E-state index in [4.69, 9.17) is 14.5 Å². The molecule has 2 aliphatic rings. The number of aryl methyl sites for hydroxylation is 1. The molecule has 2 N–H and O–H groups in total. The second kappa shape index (κ2) is 14.0. The predicted octanol–water partition coefficient (Wildman–Crippen LogP) is 7.68. The number of fused-ring (bicyclic) bond motifs is 1. The van der Waals surface area contributed by atoms with Gasteiger partial charge in [0.2, 0.25) is 21.9 Å². The summed E-state index contributed by atoms with van der Waals surface area (Å²) in [5.74, 6) is 1.39. The van der Waals surface area contributed by atoms with E-state index < -0.39 is 15.6 Å². The number of nitrogens with zero attached hydrogens (tertiary/aromatic N) is 4. The Balaban J connectivity index is 1.24. The van der Waals surface area contributed by atoms with E-state index in [1.165, 1.54) is 0 Å². The van der Waals surface area contributed by atoms with Crippen LogP contribution in [0.25, 0.3) is 22.0 Å². The van der Waals surface area contributed by atoms with Gasteiger partial charge in [0.05, 0.1) is 22.2 Å². The average Bonchev–Trinajstić information content (AvgIpc) is 3.06. The number of rotatable bonds is 8. The van der Waals surface area contributed by atoms with E-state index in [1.807, 2.05) is 64.1 Å². The van der Waals surface area contributed by atoms with Crippen molar-refractivity contribution in [1.29, 1.82) is 0 Å². The molecule has 1 atom stereocenters. The van der Waals surface area contributed by atoms with E-state index in [0.29, 0.717) is 60.5 Å². The van der Waals surface area contributed by atoms with Gasteiger partial charge in [0, 0.05) is 42.3 Å². The second-order valence-corrected chi connectivity index (χ2v) is 15.6. The summed E-state index contributed by atoms with van der Waals surface area (Å²) in [4.78, 5) is 28.2. The number of carbonyl (C=O) groups excluding carboxylic acids is 1. The number of pyridine rings is 1. The summed E-state index contributed by atoms with van der Waals surface area (Å²) in [6, 6.07) is 14.9. The van der Waals surface area contributed by atoms with E-state index in [9.17, 15) is 13.2 Å². The molecular weight excluding hydrogens is 629 g/mol. The van der Waals surface area contributed by atoms with Crippen LogP contribution in [0.3, 0.4) is 0 Å². The fraction of sp³-hybridized carbons (Fsp3) is 0.444. The Morgan fingerprint density at radius 2 is 1.73 bits per heavy atom. The highest BCUT2D eigenvalue weighted by molar-refractivity contribution is 7.93. The lowest BCUT2D eigenvalue weighted by molar-refractivity contribution is 0.0206. The molecule has 1 aliphatic carbocycles. The molecule has 0 spiro atoms. The number of carbonyl (C=O) groups is 1. The molecule has 2 aromatic carbocycles. The molecule has 2 fully saturated rings. The van der Waals surface area contributed by atoms with Crippen molar-refractivity contribution < 1.29 is 22.7 Å². The van der Waals surface area contributed by atoms with Gasteiger partial charge < -0.3 is 19.7 Å². The summed E-state index contributed by atoms with van der Waals surface area (Å²) >= 11 is 0. The first-order valence-electron chi connectivity index (χ1n) is 16.7. The van der Waals surface area contributed by atoms with E-state index in [1.54, 1.807) is 29.4 Å². The quantitative estimate of drug-likeness (QED) is 0.193. The lowest BCUT2D eigenvalue weighted by Gasteiger charge is -2.34. The van der Waals surface area contributed by atoms with Crippen LogP contribution in [0, 0.1) is 6.92 Å². The Kier molecular flexibility index (Phi) is 9.73. The average molecular weight is 673 g/mol. The molecule has 6 rings (SSSR count). The maximum absolute atomic E-state index is 13.3. The van der Waals surface area contributed by atoms with Crippen LogP contribution >= 0.6 is 0 Å². The highest BCUT2D eigenvalue weighted by atomic mass is 32.2. The largest absolute Gasteiger partial charge is 0.444 e. The zero-order chi connectivity index (χ0) is 33.9. The van der Waals surface area contributed by atoms with Gasteiger partial charge in [0.25, 0.3) is 0 Å². The smallest absolute Gasteiger partial charge is 0.410 e. The molecule has 48 heavy (non-hydrogen) atoms. The van der Waals surface area contributed by atoms with Crippen molar-refractivity contribution in [3.05, 3.63) is 66.5 Å². The number of hydrogen-bond acceptors (Lipinski definition) is 9. The number of ether oxygens (including phenoxy) is 2. The van der Waals surface area contributed by atoms with Crippen LogP contribution < -0.4 is 14.8 Å². The van der Waals surface area contributed by atoms with Gasteiger partial charge in [-0.15, -0.1) is 0 Å². The third kappa shape index (κ3) is 7.81. The van der Waals surface area contributed by atoms with Crippen molar-refractivity contribution in [3.63, 3.8) is 0 Å². The Bertz CT molecular complexity index is 1890. The van der Waals surface area contributed by atoms with Crippen LogP contribution in [0.15, 0.2) is 60.9 Å². The van der Waals surface area contributed by atoms with Gasteiger partial charge in [-0.3, -0.25) is 4.72 Å². The summed E-state index contributed by atoms with van der Waals surface area (Å²) in [5.41, 5.74) is 2.14. The normalized spacial score (nSPS) is 17.6. The van der Waals surface area contributed by atoms with Gasteiger partial charge in [0.15, 0.2) is 0 Å². The minimum Gasteiger partial charge on any atom is -0.444 e. The number of piperidine rings is 1. The molecule has 12 heteroatoms. The Labute approximate surface area is 282 Å². The van der Waals surface area contributed by atoms with Crippen LogP contribution in [-0.4, -0.2) is 64.3 Å². The Hall–Kier alpha value is -4.45. The maximum atomic E-state index is 13.3. The van der Waals surface area contributed by atoms with Gasteiger partial charge in [0.1, 0.15) is 11.4 Å². The van der Waals surface area contributed by atoms with Crippen LogP contribution in [0.1, 0.15) is 71.3 Å². The zero-order valence-corrected chi connectivity index (χ0v) is 28.8. The van der Waals surface area contributed by atoms with E-state index >= 15 is 0 Å². The molecule has 254 valence electrons. The molecule has 1 saturated heterocycles. The van der Waals surface area contributed by atoms with E-state index in [0.717, 1.165) is 48.4 Å². The van der Waals surface area contributed by atoms with Crippen molar-refractivity contribution in [1.82, 2.24) is 19.9 Å². The Morgan fingerprint density at radius 3 is 2.52 bits per heavy atom. The van der Waals surface area contributed by atoms with Crippen molar-refractivity contribution >= 4 is 38.5 Å². The van der Waals surface area contributed by atoms with Crippen molar-refractivity contribution in [2.24, 2.45) is 0 Å². The minimum absolute atomic E-state index is 0.0331. The number of benzene rings is 2. The number of sulfonamides is 1. The van der Waals surface area contributed by atoms with Crippen LogP contribution in [-0.2, 0) is 14.8 Å². The number of anilines is 2. The van der Waals surface area contributed by atoms with E-state index in [-0.39, 0.29) is 17.4 Å².